The Labute approximate surface area is 120 Å². The standard InChI is InChI=1S/C14H23N3O2S/c1-20(18,19)11-6-4-5-10(9-11)14(17-16)12-7-2-3-8-13(12)15/h2-3,7-8,10-11,14,17H,4-6,9,15-16H2,1H3. The van der Waals surface area contributed by atoms with E-state index in [1.165, 1.54) is 6.26 Å². The molecule has 112 valence electrons. The van der Waals surface area contributed by atoms with Crippen LogP contribution in [0.3, 0.4) is 0 Å². The first kappa shape index (κ1) is 15.3. The van der Waals surface area contributed by atoms with E-state index >= 15 is 0 Å². The molecule has 6 heteroatoms. The lowest BCUT2D eigenvalue weighted by Crippen LogP contribution is -2.38. The Hall–Kier alpha value is -1.11. The van der Waals surface area contributed by atoms with Gasteiger partial charge in [-0.1, -0.05) is 24.6 Å². The summed E-state index contributed by atoms with van der Waals surface area (Å²) in [5.74, 6) is 5.90. The highest BCUT2D eigenvalue weighted by Gasteiger charge is 2.33. The van der Waals surface area contributed by atoms with Crippen molar-refractivity contribution in [1.29, 1.82) is 0 Å². The van der Waals surface area contributed by atoms with Gasteiger partial charge in [-0.15, -0.1) is 0 Å². The molecule has 1 fully saturated rings. The summed E-state index contributed by atoms with van der Waals surface area (Å²) in [6, 6.07) is 7.50. The number of hydrazine groups is 1. The number of sulfone groups is 1. The second-order valence-electron chi connectivity index (χ2n) is 5.65. The summed E-state index contributed by atoms with van der Waals surface area (Å²) in [5, 5.41) is -0.262. The van der Waals surface area contributed by atoms with E-state index in [2.05, 4.69) is 5.43 Å². The Bertz CT molecular complexity index is 559. The molecule has 1 aliphatic carbocycles. The highest BCUT2D eigenvalue weighted by Crippen LogP contribution is 2.37. The molecular weight excluding hydrogens is 274 g/mol. The molecule has 1 aromatic rings. The third-order valence-electron chi connectivity index (χ3n) is 4.25. The maximum atomic E-state index is 11.8. The third-order valence-corrected chi connectivity index (χ3v) is 5.89. The van der Waals surface area contributed by atoms with Gasteiger partial charge in [-0.3, -0.25) is 11.3 Å². The predicted molar refractivity (Wildman–Crippen MR) is 81.5 cm³/mol. The zero-order valence-corrected chi connectivity index (χ0v) is 12.6. The van der Waals surface area contributed by atoms with E-state index in [0.29, 0.717) is 12.1 Å². The third kappa shape index (κ3) is 3.31. The van der Waals surface area contributed by atoms with Gasteiger partial charge in [-0.05, 0) is 36.8 Å². The van der Waals surface area contributed by atoms with E-state index in [9.17, 15) is 8.42 Å². The summed E-state index contributed by atoms with van der Waals surface area (Å²) in [6.45, 7) is 0. The van der Waals surface area contributed by atoms with Crippen LogP contribution in [0, 0.1) is 5.92 Å². The molecule has 0 amide bonds. The predicted octanol–water partition coefficient (Wildman–Crippen LogP) is 1.38. The number of nitrogens with one attached hydrogen (secondary N) is 1. The van der Waals surface area contributed by atoms with Crippen LogP contribution < -0.4 is 17.0 Å². The largest absolute Gasteiger partial charge is 0.398 e. The molecule has 0 bridgehead atoms. The van der Waals surface area contributed by atoms with Crippen LogP contribution in [0.15, 0.2) is 24.3 Å². The van der Waals surface area contributed by atoms with Crippen LogP contribution in [0.4, 0.5) is 5.69 Å². The molecule has 1 saturated carbocycles. The molecule has 3 atom stereocenters. The van der Waals surface area contributed by atoms with E-state index in [1.54, 1.807) is 0 Å². The Morgan fingerprint density at radius 2 is 2.00 bits per heavy atom. The molecule has 1 aromatic carbocycles. The number of anilines is 1. The average Bonchev–Trinajstić information content (AvgIpc) is 2.41. The summed E-state index contributed by atoms with van der Waals surface area (Å²) in [7, 11) is -2.99. The number of benzene rings is 1. The normalized spacial score (nSPS) is 25.3. The van der Waals surface area contributed by atoms with Gasteiger partial charge in [-0.25, -0.2) is 8.42 Å². The van der Waals surface area contributed by atoms with Crippen molar-refractivity contribution >= 4 is 15.5 Å². The summed E-state index contributed by atoms with van der Waals surface area (Å²) in [6.07, 6.45) is 4.59. The van der Waals surface area contributed by atoms with Crippen LogP contribution in [0.1, 0.15) is 37.3 Å². The van der Waals surface area contributed by atoms with Crippen LogP contribution >= 0.6 is 0 Å². The maximum Gasteiger partial charge on any atom is 0.150 e. The van der Waals surface area contributed by atoms with Crippen molar-refractivity contribution in [3.05, 3.63) is 29.8 Å². The summed E-state index contributed by atoms with van der Waals surface area (Å²) in [4.78, 5) is 0. The van der Waals surface area contributed by atoms with Crippen molar-refractivity contribution in [3.8, 4) is 0 Å². The molecule has 0 radical (unpaired) electrons. The first-order valence-corrected chi connectivity index (χ1v) is 8.88. The lowest BCUT2D eigenvalue weighted by Gasteiger charge is -2.34. The van der Waals surface area contributed by atoms with Crippen molar-refractivity contribution in [2.75, 3.05) is 12.0 Å². The lowest BCUT2D eigenvalue weighted by atomic mass is 9.80. The minimum Gasteiger partial charge on any atom is -0.398 e. The van der Waals surface area contributed by atoms with Crippen LogP contribution in [-0.4, -0.2) is 19.9 Å². The topological polar surface area (TPSA) is 98.2 Å². The fraction of sp³-hybridized carbons (Fsp3) is 0.571. The molecule has 5 nitrogen and oxygen atoms in total. The molecule has 3 unspecified atom stereocenters. The highest BCUT2D eigenvalue weighted by atomic mass is 32.2. The van der Waals surface area contributed by atoms with Gasteiger partial charge in [0.15, 0.2) is 0 Å². The second kappa shape index (κ2) is 6.11. The molecule has 5 N–H and O–H groups in total. The second-order valence-corrected chi connectivity index (χ2v) is 7.98. The summed E-state index contributed by atoms with van der Waals surface area (Å²) < 4.78 is 23.5. The van der Waals surface area contributed by atoms with Gasteiger partial charge in [0.25, 0.3) is 0 Å². The average molecular weight is 297 g/mol. The molecule has 2 rings (SSSR count). The highest BCUT2D eigenvalue weighted by molar-refractivity contribution is 7.91. The van der Waals surface area contributed by atoms with Gasteiger partial charge in [0.2, 0.25) is 0 Å². The number of hydrogen-bond acceptors (Lipinski definition) is 5. The lowest BCUT2D eigenvalue weighted by molar-refractivity contribution is 0.275. The molecule has 0 aromatic heterocycles. The molecule has 0 saturated heterocycles. The molecule has 20 heavy (non-hydrogen) atoms. The van der Waals surface area contributed by atoms with Gasteiger partial charge in [0.1, 0.15) is 9.84 Å². The van der Waals surface area contributed by atoms with E-state index in [0.717, 1.165) is 24.8 Å². The van der Waals surface area contributed by atoms with Crippen LogP contribution in [0.25, 0.3) is 0 Å². The SMILES string of the molecule is CS(=O)(=O)C1CCCC(C(NN)c2ccccc2N)C1. The van der Waals surface area contributed by atoms with Gasteiger partial charge in [0, 0.05) is 11.9 Å². The van der Waals surface area contributed by atoms with Gasteiger partial charge in [-0.2, -0.15) is 0 Å². The zero-order valence-electron chi connectivity index (χ0n) is 11.7. The fourth-order valence-corrected chi connectivity index (χ4v) is 4.34. The monoisotopic (exact) mass is 297 g/mol. The smallest absolute Gasteiger partial charge is 0.150 e. The Morgan fingerprint density at radius 1 is 1.30 bits per heavy atom. The van der Waals surface area contributed by atoms with E-state index < -0.39 is 9.84 Å². The van der Waals surface area contributed by atoms with E-state index in [1.807, 2.05) is 24.3 Å². The minimum atomic E-state index is -2.99. The van der Waals surface area contributed by atoms with Crippen molar-refractivity contribution in [3.63, 3.8) is 0 Å². The number of nitrogens with two attached hydrogens (primary N) is 2. The number of hydrogen-bond donors (Lipinski definition) is 3. The quantitative estimate of drug-likeness (QED) is 0.443. The first-order chi connectivity index (χ1) is 9.43. The first-order valence-electron chi connectivity index (χ1n) is 6.93. The molecule has 0 heterocycles. The van der Waals surface area contributed by atoms with Gasteiger partial charge < -0.3 is 5.73 Å². The number of para-hydroxylation sites is 1. The van der Waals surface area contributed by atoms with Gasteiger partial charge >= 0.3 is 0 Å². The van der Waals surface area contributed by atoms with Crippen molar-refractivity contribution in [1.82, 2.24) is 5.43 Å². The Kier molecular flexibility index (Phi) is 4.67. The molecule has 1 aliphatic rings. The van der Waals surface area contributed by atoms with Crippen LogP contribution in [0.2, 0.25) is 0 Å². The van der Waals surface area contributed by atoms with Crippen molar-refractivity contribution in [2.24, 2.45) is 11.8 Å². The summed E-state index contributed by atoms with van der Waals surface area (Å²) >= 11 is 0. The van der Waals surface area contributed by atoms with Crippen LogP contribution in [0.5, 0.6) is 0 Å². The number of rotatable bonds is 4. The van der Waals surface area contributed by atoms with Crippen molar-refractivity contribution in [2.45, 2.75) is 37.0 Å². The minimum absolute atomic E-state index is 0.0965. The van der Waals surface area contributed by atoms with E-state index in [4.69, 9.17) is 11.6 Å². The Morgan fingerprint density at radius 3 is 2.60 bits per heavy atom. The fourth-order valence-electron chi connectivity index (χ4n) is 3.15. The number of nitrogen functional groups attached to an aromatic ring is 1. The van der Waals surface area contributed by atoms with E-state index in [-0.39, 0.29) is 17.2 Å². The zero-order chi connectivity index (χ0) is 14.8. The Balaban J connectivity index is 2.22. The summed E-state index contributed by atoms with van der Waals surface area (Å²) in [5.41, 5.74) is 10.5. The maximum absolute atomic E-state index is 11.8. The van der Waals surface area contributed by atoms with Crippen molar-refractivity contribution < 1.29 is 8.42 Å². The van der Waals surface area contributed by atoms with Gasteiger partial charge in [0.05, 0.1) is 11.3 Å². The molecule has 0 spiro atoms. The van der Waals surface area contributed by atoms with Crippen LogP contribution in [-0.2, 0) is 9.84 Å². The molecular formula is C14H23N3O2S. The molecule has 0 aliphatic heterocycles.